The van der Waals surface area contributed by atoms with E-state index in [0.717, 1.165) is 5.56 Å². The second-order valence-corrected chi connectivity index (χ2v) is 8.50. The van der Waals surface area contributed by atoms with Gasteiger partial charge < -0.3 is 5.32 Å². The summed E-state index contributed by atoms with van der Waals surface area (Å²) in [5.41, 5.74) is 0.436. The lowest BCUT2D eigenvalue weighted by molar-refractivity contribution is 0.102. The molecule has 134 valence electrons. The Bertz CT molecular complexity index is 886. The zero-order valence-electron chi connectivity index (χ0n) is 14.6. The fourth-order valence-electron chi connectivity index (χ4n) is 2.16. The van der Waals surface area contributed by atoms with Crippen LogP contribution in [0.1, 0.15) is 36.7 Å². The number of carbonyl (C=O) groups excluding carboxylic acids is 1. The van der Waals surface area contributed by atoms with Gasteiger partial charge in [-0.3, -0.25) is 4.79 Å². The molecular weight excluding hydrogens is 343 g/mol. The van der Waals surface area contributed by atoms with Crippen LogP contribution in [0.5, 0.6) is 0 Å². The molecule has 0 spiro atoms. The number of hydrogen-bond donors (Lipinski definition) is 2. The van der Waals surface area contributed by atoms with Crippen LogP contribution in [0.4, 0.5) is 10.1 Å². The van der Waals surface area contributed by atoms with E-state index in [1.54, 1.807) is 33.8 Å². The van der Waals surface area contributed by atoms with E-state index in [0.29, 0.717) is 0 Å². The number of nitrogens with one attached hydrogen (secondary N) is 2. The topological polar surface area (TPSA) is 75.3 Å². The number of benzene rings is 2. The van der Waals surface area contributed by atoms with Crippen molar-refractivity contribution in [3.63, 3.8) is 0 Å². The molecule has 25 heavy (non-hydrogen) atoms. The van der Waals surface area contributed by atoms with E-state index in [-0.39, 0.29) is 16.1 Å². The molecule has 0 saturated carbocycles. The van der Waals surface area contributed by atoms with E-state index in [2.05, 4.69) is 10.0 Å². The molecule has 0 bridgehead atoms. The molecule has 0 heterocycles. The lowest BCUT2D eigenvalue weighted by Crippen LogP contribution is -2.40. The molecule has 0 fully saturated rings. The van der Waals surface area contributed by atoms with Gasteiger partial charge in [-0.25, -0.2) is 17.5 Å². The minimum absolute atomic E-state index is 0.0560. The van der Waals surface area contributed by atoms with Gasteiger partial charge in [-0.05, 0) is 69.7 Å². The molecule has 2 N–H and O–H groups in total. The molecule has 1 amide bonds. The summed E-state index contributed by atoms with van der Waals surface area (Å²) in [6.07, 6.45) is 0. The molecule has 0 aromatic heterocycles. The first-order valence-electron chi connectivity index (χ1n) is 7.69. The molecular formula is C18H21FN2O3S. The number of halogens is 1. The van der Waals surface area contributed by atoms with Crippen molar-refractivity contribution in [2.75, 3.05) is 5.32 Å². The van der Waals surface area contributed by atoms with E-state index >= 15 is 0 Å². The van der Waals surface area contributed by atoms with Crippen LogP contribution in [-0.4, -0.2) is 19.9 Å². The summed E-state index contributed by atoms with van der Waals surface area (Å²) < 4.78 is 40.8. The van der Waals surface area contributed by atoms with Gasteiger partial charge in [-0.2, -0.15) is 0 Å². The van der Waals surface area contributed by atoms with Gasteiger partial charge in [0.05, 0.1) is 10.6 Å². The largest absolute Gasteiger partial charge is 0.319 e. The number of amides is 1. The predicted octanol–water partition coefficient (Wildman–Crippen LogP) is 3.46. The highest BCUT2D eigenvalue weighted by Gasteiger charge is 2.22. The molecule has 0 radical (unpaired) electrons. The maximum atomic E-state index is 13.8. The minimum atomic E-state index is -3.67. The quantitative estimate of drug-likeness (QED) is 0.872. The van der Waals surface area contributed by atoms with E-state index in [4.69, 9.17) is 0 Å². The van der Waals surface area contributed by atoms with Crippen molar-refractivity contribution >= 4 is 21.6 Å². The summed E-state index contributed by atoms with van der Waals surface area (Å²) in [7, 11) is -3.67. The van der Waals surface area contributed by atoms with Crippen molar-refractivity contribution in [2.45, 2.75) is 38.1 Å². The van der Waals surface area contributed by atoms with Gasteiger partial charge in [0, 0.05) is 11.1 Å². The van der Waals surface area contributed by atoms with Crippen LogP contribution in [0.2, 0.25) is 0 Å². The Morgan fingerprint density at radius 3 is 2.16 bits per heavy atom. The van der Waals surface area contributed by atoms with Crippen LogP contribution in [0, 0.1) is 12.7 Å². The Kier molecular flexibility index (Phi) is 5.29. The number of rotatable bonds is 4. The summed E-state index contributed by atoms with van der Waals surface area (Å²) in [6.45, 7) is 6.97. The molecule has 2 rings (SSSR count). The highest BCUT2D eigenvalue weighted by molar-refractivity contribution is 7.89. The third-order valence-corrected chi connectivity index (χ3v) is 5.01. The van der Waals surface area contributed by atoms with Crippen molar-refractivity contribution in [3.05, 3.63) is 59.4 Å². The van der Waals surface area contributed by atoms with E-state index in [9.17, 15) is 17.6 Å². The van der Waals surface area contributed by atoms with Gasteiger partial charge in [0.15, 0.2) is 0 Å². The summed E-state index contributed by atoms with van der Waals surface area (Å²) in [4.78, 5) is 12.3. The third-order valence-electron chi connectivity index (χ3n) is 3.24. The van der Waals surface area contributed by atoms with Crippen LogP contribution in [0.15, 0.2) is 47.4 Å². The molecule has 2 aromatic carbocycles. The highest BCUT2D eigenvalue weighted by atomic mass is 32.2. The van der Waals surface area contributed by atoms with Gasteiger partial charge in [0.2, 0.25) is 10.0 Å². The van der Waals surface area contributed by atoms with Gasteiger partial charge >= 0.3 is 0 Å². The second-order valence-electron chi connectivity index (χ2n) is 6.82. The number of sulfonamides is 1. The van der Waals surface area contributed by atoms with E-state index in [1.807, 2.05) is 0 Å². The first-order valence-corrected chi connectivity index (χ1v) is 9.18. The van der Waals surface area contributed by atoms with Gasteiger partial charge in [0.1, 0.15) is 5.82 Å². The first-order chi connectivity index (χ1) is 11.5. The molecule has 5 nitrogen and oxygen atoms in total. The summed E-state index contributed by atoms with van der Waals surface area (Å²) in [5.74, 6) is -1.04. The lowest BCUT2D eigenvalue weighted by Gasteiger charge is -2.20. The van der Waals surface area contributed by atoms with Crippen LogP contribution in [-0.2, 0) is 10.0 Å². The molecule has 2 aromatic rings. The first kappa shape index (κ1) is 19.1. The Morgan fingerprint density at radius 1 is 1.04 bits per heavy atom. The fraction of sp³-hybridized carbons (Fsp3) is 0.278. The predicted molar refractivity (Wildman–Crippen MR) is 95.6 cm³/mol. The lowest BCUT2D eigenvalue weighted by atomic mass is 10.1. The van der Waals surface area contributed by atoms with Gasteiger partial charge in [-0.15, -0.1) is 0 Å². The van der Waals surface area contributed by atoms with Crippen molar-refractivity contribution in [3.8, 4) is 0 Å². The smallest absolute Gasteiger partial charge is 0.255 e. The Labute approximate surface area is 147 Å². The summed E-state index contributed by atoms with van der Waals surface area (Å²) in [6, 6.07) is 9.95. The third kappa shape index (κ3) is 5.11. The highest BCUT2D eigenvalue weighted by Crippen LogP contribution is 2.18. The average Bonchev–Trinajstić information content (AvgIpc) is 2.48. The molecule has 7 heteroatoms. The maximum absolute atomic E-state index is 13.8. The number of hydrogen-bond acceptors (Lipinski definition) is 3. The number of anilines is 1. The van der Waals surface area contributed by atoms with Crippen molar-refractivity contribution in [1.82, 2.24) is 4.72 Å². The molecule has 0 aliphatic rings. The zero-order chi connectivity index (χ0) is 18.8. The van der Waals surface area contributed by atoms with Crippen molar-refractivity contribution in [1.29, 1.82) is 0 Å². The van der Waals surface area contributed by atoms with E-state index in [1.165, 1.54) is 36.4 Å². The molecule has 0 atom stereocenters. The van der Waals surface area contributed by atoms with Crippen LogP contribution < -0.4 is 10.0 Å². The molecule has 0 unspecified atom stereocenters. The molecule has 0 saturated heterocycles. The fourth-order valence-corrected chi connectivity index (χ4v) is 3.58. The molecule has 0 aliphatic heterocycles. The SMILES string of the molecule is Cc1ccc(NC(=O)c2ccc(S(=O)(=O)NC(C)(C)C)cc2)c(F)c1. The molecule has 0 aliphatic carbocycles. The van der Waals surface area contributed by atoms with E-state index < -0.39 is 27.3 Å². The average molecular weight is 364 g/mol. The minimum Gasteiger partial charge on any atom is -0.319 e. The standard InChI is InChI=1S/C18H21FN2O3S/c1-12-5-10-16(15(19)11-12)20-17(22)13-6-8-14(9-7-13)25(23,24)21-18(2,3)4/h5-11,21H,1-4H3,(H,20,22). The Morgan fingerprint density at radius 2 is 1.64 bits per heavy atom. The van der Waals surface area contributed by atoms with Gasteiger partial charge in [0.25, 0.3) is 5.91 Å². The van der Waals surface area contributed by atoms with Crippen LogP contribution in [0.3, 0.4) is 0 Å². The van der Waals surface area contributed by atoms with Crippen LogP contribution >= 0.6 is 0 Å². The number of carbonyl (C=O) groups is 1. The summed E-state index contributed by atoms with van der Waals surface area (Å²) in [5, 5.41) is 2.47. The van der Waals surface area contributed by atoms with Crippen molar-refractivity contribution < 1.29 is 17.6 Å². The van der Waals surface area contributed by atoms with Gasteiger partial charge in [-0.1, -0.05) is 6.07 Å². The monoisotopic (exact) mass is 364 g/mol. The summed E-state index contributed by atoms with van der Waals surface area (Å²) >= 11 is 0. The van der Waals surface area contributed by atoms with Crippen molar-refractivity contribution in [2.24, 2.45) is 0 Å². The Hall–Kier alpha value is -2.25. The second kappa shape index (κ2) is 6.93. The normalized spacial score (nSPS) is 12.0. The maximum Gasteiger partial charge on any atom is 0.255 e. The van der Waals surface area contributed by atoms with Crippen LogP contribution in [0.25, 0.3) is 0 Å². The zero-order valence-corrected chi connectivity index (χ0v) is 15.4. The Balaban J connectivity index is 2.18. The number of aryl methyl sites for hydroxylation is 1.